The molecule has 0 unspecified atom stereocenters. The summed E-state index contributed by atoms with van der Waals surface area (Å²) in [6.07, 6.45) is 1.44. The monoisotopic (exact) mass is 303 g/mol. The molecule has 0 saturated carbocycles. The molecule has 0 aromatic rings. The van der Waals surface area contributed by atoms with E-state index in [2.05, 4.69) is 34.3 Å². The van der Waals surface area contributed by atoms with Crippen molar-refractivity contribution in [2.24, 2.45) is 11.3 Å². The quantitative estimate of drug-likeness (QED) is 0.459. The van der Waals surface area contributed by atoms with Crippen LogP contribution in [0.1, 0.15) is 54.4 Å². The number of Topliss-reactive ketones (excluding diaryl/α,β-unsaturated/α-hetero) is 1. The predicted octanol–water partition coefficient (Wildman–Crippen LogP) is 4.84. The van der Waals surface area contributed by atoms with E-state index in [-0.39, 0.29) is 23.0 Å². The molecule has 0 aromatic heterocycles. The van der Waals surface area contributed by atoms with Crippen molar-refractivity contribution >= 4 is 11.7 Å². The molecule has 3 heteroatoms. The molecule has 0 aromatic carbocycles. The topological polar surface area (TPSA) is 50.1 Å². The zero-order valence-electron chi connectivity index (χ0n) is 15.0. The van der Waals surface area contributed by atoms with Crippen molar-refractivity contribution in [3.63, 3.8) is 0 Å². The minimum absolute atomic E-state index is 0.00487. The van der Waals surface area contributed by atoms with Crippen molar-refractivity contribution < 1.29 is 9.53 Å². The van der Waals surface area contributed by atoms with Crippen LogP contribution in [0.25, 0.3) is 0 Å². The highest BCUT2D eigenvalue weighted by atomic mass is 16.5. The zero-order chi connectivity index (χ0) is 17.2. The summed E-state index contributed by atoms with van der Waals surface area (Å²) in [5.74, 6) is 0.367. The molecule has 0 radical (unpaired) electrons. The molecule has 0 spiro atoms. The summed E-state index contributed by atoms with van der Waals surface area (Å²) < 4.78 is 5.14. The van der Waals surface area contributed by atoms with Gasteiger partial charge in [0.05, 0.1) is 7.11 Å². The van der Waals surface area contributed by atoms with E-state index in [4.69, 9.17) is 10.1 Å². The number of nitrogens with one attached hydrogen (secondary N) is 1. The standard InChI is InChI=1S/C19H29NO2/c1-11(2)15(16(12(3)4)18(20)22-8)17-13(5)9-19(6,7)10-14(17)21/h11,20H,3,9-10H2,1-2,4-8H3/b16-15+,20-18?. The maximum Gasteiger partial charge on any atom is 0.213 e. The summed E-state index contributed by atoms with van der Waals surface area (Å²) in [6, 6.07) is 0. The zero-order valence-corrected chi connectivity index (χ0v) is 15.0. The van der Waals surface area contributed by atoms with E-state index in [1.54, 1.807) is 0 Å². The molecule has 0 atom stereocenters. The van der Waals surface area contributed by atoms with Gasteiger partial charge < -0.3 is 4.74 Å². The van der Waals surface area contributed by atoms with Gasteiger partial charge in [-0.1, -0.05) is 39.8 Å². The van der Waals surface area contributed by atoms with E-state index in [0.717, 1.165) is 28.7 Å². The highest BCUT2D eigenvalue weighted by Gasteiger charge is 2.34. The number of hydrogen-bond acceptors (Lipinski definition) is 3. The van der Waals surface area contributed by atoms with Gasteiger partial charge in [-0.25, -0.2) is 0 Å². The van der Waals surface area contributed by atoms with Crippen LogP contribution in [-0.4, -0.2) is 18.8 Å². The molecule has 0 heterocycles. The Morgan fingerprint density at radius 1 is 1.32 bits per heavy atom. The van der Waals surface area contributed by atoms with Crippen LogP contribution in [0.15, 0.2) is 34.4 Å². The molecule has 1 rings (SSSR count). The van der Waals surface area contributed by atoms with E-state index < -0.39 is 0 Å². The Morgan fingerprint density at radius 2 is 1.86 bits per heavy atom. The Bertz CT molecular complexity index is 574. The van der Waals surface area contributed by atoms with Gasteiger partial charge in [-0.15, -0.1) is 0 Å². The second kappa shape index (κ2) is 6.64. The Kier molecular flexibility index (Phi) is 5.55. The van der Waals surface area contributed by atoms with Crippen molar-refractivity contribution in [1.29, 1.82) is 5.41 Å². The first-order chi connectivity index (χ1) is 10.0. The third-order valence-electron chi connectivity index (χ3n) is 4.06. The smallest absolute Gasteiger partial charge is 0.213 e. The predicted molar refractivity (Wildman–Crippen MR) is 92.1 cm³/mol. The van der Waals surface area contributed by atoms with E-state index in [0.29, 0.717) is 12.0 Å². The molecule has 0 bridgehead atoms. The minimum atomic E-state index is 0.00487. The molecule has 1 aliphatic rings. The van der Waals surface area contributed by atoms with Crippen LogP contribution >= 0.6 is 0 Å². The van der Waals surface area contributed by atoms with Crippen LogP contribution in [0.5, 0.6) is 0 Å². The van der Waals surface area contributed by atoms with E-state index in [9.17, 15) is 4.79 Å². The fraction of sp³-hybridized carbons (Fsp3) is 0.579. The lowest BCUT2D eigenvalue weighted by atomic mass is 9.70. The molecule has 1 N–H and O–H groups in total. The molecule has 122 valence electrons. The van der Waals surface area contributed by atoms with Gasteiger partial charge in [0, 0.05) is 17.6 Å². The summed E-state index contributed by atoms with van der Waals surface area (Å²) >= 11 is 0. The number of rotatable bonds is 4. The van der Waals surface area contributed by atoms with Gasteiger partial charge in [-0.05, 0) is 42.7 Å². The van der Waals surface area contributed by atoms with Crippen LogP contribution in [0.2, 0.25) is 0 Å². The summed E-state index contributed by atoms with van der Waals surface area (Å²) in [6.45, 7) is 16.2. The van der Waals surface area contributed by atoms with Crippen molar-refractivity contribution in [1.82, 2.24) is 0 Å². The van der Waals surface area contributed by atoms with Gasteiger partial charge in [0.2, 0.25) is 5.90 Å². The van der Waals surface area contributed by atoms with Gasteiger partial charge >= 0.3 is 0 Å². The maximum absolute atomic E-state index is 12.8. The SMILES string of the molecule is C=C(C)/C(C(=N)OC)=C(\C1=C(C)CC(C)(C)CC1=O)C(C)C. The van der Waals surface area contributed by atoms with Crippen molar-refractivity contribution in [2.45, 2.75) is 54.4 Å². The van der Waals surface area contributed by atoms with Gasteiger partial charge in [-0.3, -0.25) is 10.2 Å². The number of methoxy groups -OCH3 is 1. The second-order valence-corrected chi connectivity index (χ2v) is 7.35. The second-order valence-electron chi connectivity index (χ2n) is 7.35. The molecular weight excluding hydrogens is 274 g/mol. The summed E-state index contributed by atoms with van der Waals surface area (Å²) in [7, 11) is 1.48. The lowest BCUT2D eigenvalue weighted by Gasteiger charge is -2.33. The number of carbonyl (C=O) groups excluding carboxylic acids is 1. The molecule has 0 saturated heterocycles. The number of ketones is 1. The van der Waals surface area contributed by atoms with Crippen LogP contribution in [-0.2, 0) is 9.53 Å². The molecule has 1 aliphatic carbocycles. The van der Waals surface area contributed by atoms with Gasteiger partial charge in [-0.2, -0.15) is 0 Å². The normalized spacial score (nSPS) is 19.2. The Balaban J connectivity index is 3.65. The van der Waals surface area contributed by atoms with Crippen molar-refractivity contribution in [2.75, 3.05) is 7.11 Å². The maximum atomic E-state index is 12.8. The highest BCUT2D eigenvalue weighted by Crippen LogP contribution is 2.41. The third kappa shape index (κ3) is 3.76. The van der Waals surface area contributed by atoms with Gasteiger partial charge in [0.15, 0.2) is 5.78 Å². The average Bonchev–Trinajstić information content (AvgIpc) is 2.33. The highest BCUT2D eigenvalue weighted by molar-refractivity contribution is 6.06. The van der Waals surface area contributed by atoms with E-state index >= 15 is 0 Å². The average molecular weight is 303 g/mol. The largest absolute Gasteiger partial charge is 0.481 e. The third-order valence-corrected chi connectivity index (χ3v) is 4.06. The van der Waals surface area contributed by atoms with Crippen LogP contribution in [0.4, 0.5) is 0 Å². The van der Waals surface area contributed by atoms with Gasteiger partial charge in [0.25, 0.3) is 0 Å². The fourth-order valence-electron chi connectivity index (χ4n) is 3.36. The van der Waals surface area contributed by atoms with E-state index in [1.165, 1.54) is 7.11 Å². The number of carbonyl (C=O) groups is 1. The summed E-state index contributed by atoms with van der Waals surface area (Å²) in [5, 5.41) is 8.10. The Labute approximate surface area is 134 Å². The van der Waals surface area contributed by atoms with Crippen LogP contribution in [0.3, 0.4) is 0 Å². The number of hydrogen-bond donors (Lipinski definition) is 1. The molecular formula is C19H29NO2. The Hall–Kier alpha value is -1.64. The fourth-order valence-corrected chi connectivity index (χ4v) is 3.36. The summed E-state index contributed by atoms with van der Waals surface area (Å²) in [4.78, 5) is 12.8. The molecule has 0 amide bonds. The van der Waals surface area contributed by atoms with Gasteiger partial charge in [0.1, 0.15) is 0 Å². The molecule has 0 fully saturated rings. The molecule has 0 aliphatic heterocycles. The van der Waals surface area contributed by atoms with Crippen molar-refractivity contribution in [3.05, 3.63) is 34.4 Å². The molecule has 3 nitrogen and oxygen atoms in total. The summed E-state index contributed by atoms with van der Waals surface area (Å²) in [5.41, 5.74) is 4.22. The minimum Gasteiger partial charge on any atom is -0.481 e. The first-order valence-corrected chi connectivity index (χ1v) is 7.78. The molecule has 22 heavy (non-hydrogen) atoms. The van der Waals surface area contributed by atoms with Crippen LogP contribution < -0.4 is 0 Å². The van der Waals surface area contributed by atoms with Crippen LogP contribution in [0, 0.1) is 16.7 Å². The lowest BCUT2D eigenvalue weighted by Crippen LogP contribution is -2.28. The first kappa shape index (κ1) is 18.4. The van der Waals surface area contributed by atoms with Crippen molar-refractivity contribution in [3.8, 4) is 0 Å². The lowest BCUT2D eigenvalue weighted by molar-refractivity contribution is -0.117. The first-order valence-electron chi connectivity index (χ1n) is 7.78. The van der Waals surface area contributed by atoms with E-state index in [1.807, 2.05) is 13.8 Å². The number of ether oxygens (including phenoxy) is 1. The Morgan fingerprint density at radius 3 is 2.23 bits per heavy atom. The number of allylic oxidation sites excluding steroid dienone is 3.